The Labute approximate surface area is 88.4 Å². The zero-order chi connectivity index (χ0) is 10.2. The van der Waals surface area contributed by atoms with Gasteiger partial charge in [-0.2, -0.15) is 6.92 Å². The summed E-state index contributed by atoms with van der Waals surface area (Å²) in [5.74, 6) is 0. The predicted molar refractivity (Wildman–Crippen MR) is 36.6 cm³/mol. The fraction of sp³-hybridized carbons (Fsp3) is 0.111. The molecule has 13 heavy (non-hydrogen) atoms. The van der Waals surface area contributed by atoms with Gasteiger partial charge in [0.1, 0.15) is 0 Å². The molecule has 0 aromatic heterocycles. The quantitative estimate of drug-likeness (QED) is 0.356. The van der Waals surface area contributed by atoms with Gasteiger partial charge in [-0.3, -0.25) is 6.29 Å². The van der Waals surface area contributed by atoms with Gasteiger partial charge in [0.15, 0.2) is 0 Å². The summed E-state index contributed by atoms with van der Waals surface area (Å²) in [6.45, 7) is 10.3. The third-order valence-corrected chi connectivity index (χ3v) is 0.351. The Morgan fingerprint density at radius 3 is 1.46 bits per heavy atom. The maximum absolute atomic E-state index is 8.68. The van der Waals surface area contributed by atoms with Crippen LogP contribution in [0.3, 0.4) is 0 Å². The van der Waals surface area contributed by atoms with Gasteiger partial charge in [0.25, 0.3) is 0 Å². The second kappa shape index (κ2) is 43.9. The summed E-state index contributed by atoms with van der Waals surface area (Å²) in [5.41, 5.74) is 0. The summed E-state index contributed by atoms with van der Waals surface area (Å²) >= 11 is 0. The van der Waals surface area contributed by atoms with Crippen molar-refractivity contribution >= 4 is 6.29 Å². The van der Waals surface area contributed by atoms with Gasteiger partial charge in [0.2, 0.25) is 0 Å². The summed E-state index contributed by atoms with van der Waals surface area (Å²) in [6.07, 6.45) is 1.50. The van der Waals surface area contributed by atoms with Crippen molar-refractivity contribution in [1.29, 1.82) is 0 Å². The van der Waals surface area contributed by atoms with Crippen molar-refractivity contribution in [2.45, 2.75) is 6.92 Å². The van der Waals surface area contributed by atoms with Crippen molar-refractivity contribution in [3.05, 3.63) is 43.6 Å². The molecule has 0 fully saturated rings. The molecule has 0 saturated carbocycles. The summed E-state index contributed by atoms with van der Waals surface area (Å²) < 4.78 is 15.0. The maximum Gasteiger partial charge on any atom is 0 e. The Morgan fingerprint density at radius 2 is 1.38 bits per heavy atom. The molecule has 0 atom stereocenters. The average Bonchev–Trinajstić information content (AvgIpc) is 2.69. The topological polar surface area (TPSA) is 56.9 Å². The van der Waals surface area contributed by atoms with Crippen molar-refractivity contribution in [3.63, 3.8) is 0 Å². The van der Waals surface area contributed by atoms with E-state index in [0.29, 0.717) is 0 Å². The van der Waals surface area contributed by atoms with Crippen LogP contribution < -0.4 is 0 Å². The minimum absolute atomic E-state index is 0. The smallest absolute Gasteiger partial charge is 0 e. The van der Waals surface area contributed by atoms with Gasteiger partial charge in [0.05, 0.1) is 0 Å². The summed E-state index contributed by atoms with van der Waals surface area (Å²) in [4.78, 5) is 8.68. The molecule has 0 heterocycles. The molecule has 0 aliphatic rings. The second-order valence-corrected chi connectivity index (χ2v) is 0.887. The van der Waals surface area contributed by atoms with E-state index in [0.717, 1.165) is 0 Å². The third kappa shape index (κ3) is 55.5. The third-order valence-electron chi connectivity index (χ3n) is 0.351. The van der Waals surface area contributed by atoms with Crippen molar-refractivity contribution in [2.24, 2.45) is 0 Å². The van der Waals surface area contributed by atoms with Crippen LogP contribution in [0.4, 0.5) is 0 Å². The van der Waals surface area contributed by atoms with Crippen LogP contribution in [0, 0.1) is 37.6 Å². The number of carbonyl (C=O) groups excluding carboxylic acids is 1. The Hall–Kier alpha value is -0.981. The molecule has 3 nitrogen and oxygen atoms in total. The van der Waals surface area contributed by atoms with Crippen molar-refractivity contribution in [1.82, 2.24) is 0 Å². The van der Waals surface area contributed by atoms with Crippen LogP contribution >= 0.6 is 0 Å². The molecule has 0 radical (unpaired) electrons. The van der Waals surface area contributed by atoms with Crippen molar-refractivity contribution in [3.8, 4) is 0 Å². The second-order valence-electron chi connectivity index (χ2n) is 0.887. The first kappa shape index (κ1) is 22.7. The molecule has 0 saturated heterocycles. The van der Waals surface area contributed by atoms with E-state index < -0.39 is 0 Å². The molecule has 0 aliphatic heterocycles. The average molecular weight is 216 g/mol. The molecule has 72 valence electrons. The Kier molecular flexibility index (Phi) is 76.6. The standard InChI is InChI=1S/C5H.C2H3O.2CO.Fe/c1-2-4-5-3-1;1-2-3;2*1-2;/h1H;1H3;;;/q-5;-1;;;. The van der Waals surface area contributed by atoms with Gasteiger partial charge in [-0.1, -0.05) is 0 Å². The van der Waals surface area contributed by atoms with E-state index in [9.17, 15) is 0 Å². The van der Waals surface area contributed by atoms with E-state index >= 15 is 0 Å². The van der Waals surface area contributed by atoms with Gasteiger partial charge in [0, 0.05) is 17.1 Å². The van der Waals surface area contributed by atoms with E-state index in [1.54, 1.807) is 6.07 Å². The van der Waals surface area contributed by atoms with Crippen LogP contribution in [0.1, 0.15) is 6.92 Å². The van der Waals surface area contributed by atoms with Crippen molar-refractivity contribution in [2.75, 3.05) is 0 Å². The van der Waals surface area contributed by atoms with Crippen molar-refractivity contribution < 1.29 is 31.2 Å². The van der Waals surface area contributed by atoms with Crippen LogP contribution in [0.2, 0.25) is 0 Å². The van der Waals surface area contributed by atoms with Crippen LogP contribution in [-0.4, -0.2) is 6.29 Å². The monoisotopic (exact) mass is 216 g/mol. The largest absolute Gasteiger partial charge is 0.999 e. The SMILES string of the molecule is C[C-]=O.[C-]#[O+].[C-]#[O+].[Fe].[c-]1[c-][c-][cH-][c-]1. The fourth-order valence-corrected chi connectivity index (χ4v) is 0.180. The maximum atomic E-state index is 8.68. The zero-order valence-electron chi connectivity index (χ0n) is 6.66. The molecule has 0 aliphatic carbocycles. The van der Waals surface area contributed by atoms with Gasteiger partial charge in [-0.25, -0.2) is 0 Å². The Balaban J connectivity index is -0.0000000453. The number of hydrogen-bond acceptors (Lipinski definition) is 1. The van der Waals surface area contributed by atoms with E-state index in [-0.39, 0.29) is 17.1 Å². The molecular weight excluding hydrogens is 212 g/mol. The number of rotatable bonds is 0. The number of hydrogen-bond donors (Lipinski definition) is 0. The molecular formula is C9H4FeO3-6. The molecule has 0 bridgehead atoms. The van der Waals surface area contributed by atoms with E-state index in [1.807, 2.05) is 0 Å². The summed E-state index contributed by atoms with van der Waals surface area (Å²) in [7, 11) is 0. The molecule has 0 unspecified atom stereocenters. The first-order valence-corrected chi connectivity index (χ1v) is 2.44. The molecule has 4 heteroatoms. The summed E-state index contributed by atoms with van der Waals surface area (Å²) in [5, 5.41) is 0. The Bertz CT molecular complexity index is 154. The van der Waals surface area contributed by atoms with Gasteiger partial charge in [-0.15, -0.1) is 0 Å². The van der Waals surface area contributed by atoms with Gasteiger partial charge < -0.3 is 35.1 Å². The van der Waals surface area contributed by atoms with E-state index in [2.05, 4.69) is 37.6 Å². The van der Waals surface area contributed by atoms with E-state index in [1.165, 1.54) is 13.2 Å². The first-order valence-electron chi connectivity index (χ1n) is 2.44. The Morgan fingerprint density at radius 1 is 1.15 bits per heavy atom. The van der Waals surface area contributed by atoms with Gasteiger partial charge in [-0.05, 0) is 0 Å². The minimum atomic E-state index is 0. The van der Waals surface area contributed by atoms with Crippen LogP contribution in [0.15, 0.2) is 6.07 Å². The van der Waals surface area contributed by atoms with E-state index in [4.69, 9.17) is 14.1 Å². The van der Waals surface area contributed by atoms with Crippen LogP contribution in [0.5, 0.6) is 0 Å². The normalized spacial score (nSPS) is 4.38. The predicted octanol–water partition coefficient (Wildman–Crippen LogP) is 0.645. The molecule has 1 aromatic rings. The zero-order valence-corrected chi connectivity index (χ0v) is 7.76. The molecule has 0 N–H and O–H groups in total. The molecule has 0 amide bonds. The van der Waals surface area contributed by atoms with Crippen LogP contribution in [0.25, 0.3) is 0 Å². The van der Waals surface area contributed by atoms with Crippen LogP contribution in [-0.2, 0) is 31.2 Å². The molecule has 0 spiro atoms. The fourth-order valence-electron chi connectivity index (χ4n) is 0.180. The molecule has 1 rings (SSSR count). The minimum Gasteiger partial charge on any atom is -0.999 e. The van der Waals surface area contributed by atoms with Gasteiger partial charge >= 0.3 is 22.6 Å². The first-order chi connectivity index (χ1) is 5.91. The summed E-state index contributed by atoms with van der Waals surface area (Å²) in [6, 6.07) is 12.0. The molecule has 1 aromatic carbocycles.